The molecule has 0 aliphatic heterocycles. The molecule has 0 spiro atoms. The van der Waals surface area contributed by atoms with Crippen LogP contribution in [0.3, 0.4) is 0 Å². The van der Waals surface area contributed by atoms with Gasteiger partial charge in [-0.25, -0.2) is 10.8 Å². The molecule has 2 aromatic rings. The first-order chi connectivity index (χ1) is 8.81. The first-order valence-electron chi connectivity index (χ1n) is 5.88. The van der Waals surface area contributed by atoms with Gasteiger partial charge in [0.1, 0.15) is 5.82 Å². The molecule has 0 saturated heterocycles. The van der Waals surface area contributed by atoms with Gasteiger partial charge in [-0.3, -0.25) is 0 Å². The first kappa shape index (κ1) is 12.5. The van der Waals surface area contributed by atoms with Crippen LogP contribution in [0.4, 0.5) is 5.82 Å². The summed E-state index contributed by atoms with van der Waals surface area (Å²) >= 11 is 0. The van der Waals surface area contributed by atoms with E-state index in [1.807, 2.05) is 37.3 Å². The summed E-state index contributed by atoms with van der Waals surface area (Å²) in [5, 5.41) is 0. The van der Waals surface area contributed by atoms with E-state index in [1.54, 1.807) is 6.20 Å². The zero-order valence-electron chi connectivity index (χ0n) is 10.3. The lowest BCUT2D eigenvalue weighted by molar-refractivity contribution is 0.0527. The van der Waals surface area contributed by atoms with Gasteiger partial charge in [0, 0.05) is 11.8 Å². The Morgan fingerprint density at radius 1 is 1.22 bits per heavy atom. The molecule has 1 unspecified atom stereocenters. The Balaban J connectivity index is 1.99. The minimum absolute atomic E-state index is 0.0389. The van der Waals surface area contributed by atoms with Crippen LogP contribution in [0, 0.1) is 0 Å². The monoisotopic (exact) mass is 243 g/mol. The lowest BCUT2D eigenvalue weighted by Crippen LogP contribution is -2.12. The number of nitrogens with two attached hydrogens (primary N) is 1. The van der Waals surface area contributed by atoms with Gasteiger partial charge in [-0.05, 0) is 18.6 Å². The van der Waals surface area contributed by atoms with E-state index in [1.165, 1.54) is 0 Å². The third kappa shape index (κ3) is 3.06. The van der Waals surface area contributed by atoms with Gasteiger partial charge in [0.25, 0.3) is 0 Å². The number of nitrogens with one attached hydrogen (secondary N) is 1. The minimum Gasteiger partial charge on any atom is -0.369 e. The van der Waals surface area contributed by atoms with Crippen LogP contribution in [0.25, 0.3) is 0 Å². The highest BCUT2D eigenvalue weighted by Crippen LogP contribution is 2.19. The summed E-state index contributed by atoms with van der Waals surface area (Å²) in [6, 6.07) is 13.9. The van der Waals surface area contributed by atoms with Crippen LogP contribution in [0.2, 0.25) is 0 Å². The van der Waals surface area contributed by atoms with Gasteiger partial charge in [0.05, 0.1) is 12.7 Å². The molecule has 2 rings (SSSR count). The number of hydrogen-bond donors (Lipinski definition) is 2. The molecule has 1 aromatic carbocycles. The third-order valence-electron chi connectivity index (χ3n) is 2.79. The summed E-state index contributed by atoms with van der Waals surface area (Å²) in [6.07, 6.45) is 1.73. The topological polar surface area (TPSA) is 60.2 Å². The summed E-state index contributed by atoms with van der Waals surface area (Å²) in [5.41, 5.74) is 4.67. The first-order valence-corrected chi connectivity index (χ1v) is 5.88. The van der Waals surface area contributed by atoms with Crippen LogP contribution in [0.15, 0.2) is 48.7 Å². The molecule has 3 N–H and O–H groups in total. The van der Waals surface area contributed by atoms with Crippen LogP contribution in [0.1, 0.15) is 24.2 Å². The van der Waals surface area contributed by atoms with E-state index in [4.69, 9.17) is 10.6 Å². The largest absolute Gasteiger partial charge is 0.369 e. The lowest BCUT2D eigenvalue weighted by atomic mass is 10.1. The number of hydrazine groups is 1. The van der Waals surface area contributed by atoms with E-state index in [9.17, 15) is 0 Å². The molecule has 0 aliphatic carbocycles. The molecule has 94 valence electrons. The highest BCUT2D eigenvalue weighted by molar-refractivity contribution is 5.41. The van der Waals surface area contributed by atoms with E-state index in [-0.39, 0.29) is 6.10 Å². The van der Waals surface area contributed by atoms with Crippen molar-refractivity contribution >= 4 is 5.82 Å². The standard InChI is InChI=1S/C14H17N3O/c1-11(12-6-3-2-4-7-12)18-10-13-8-5-9-16-14(13)17-15/h2-9,11H,10,15H2,1H3,(H,16,17). The zero-order valence-corrected chi connectivity index (χ0v) is 10.3. The molecule has 1 heterocycles. The molecule has 4 nitrogen and oxygen atoms in total. The summed E-state index contributed by atoms with van der Waals surface area (Å²) in [5.74, 6) is 6.05. The number of aromatic nitrogens is 1. The number of anilines is 1. The summed E-state index contributed by atoms with van der Waals surface area (Å²) in [4.78, 5) is 4.13. The van der Waals surface area contributed by atoms with Gasteiger partial charge in [-0.1, -0.05) is 36.4 Å². The van der Waals surface area contributed by atoms with Crippen molar-refractivity contribution in [3.05, 3.63) is 59.8 Å². The Labute approximate surface area is 107 Å². The van der Waals surface area contributed by atoms with Crippen molar-refractivity contribution in [3.63, 3.8) is 0 Å². The predicted molar refractivity (Wildman–Crippen MR) is 71.7 cm³/mol. The van der Waals surface area contributed by atoms with Crippen molar-refractivity contribution in [2.24, 2.45) is 5.84 Å². The van der Waals surface area contributed by atoms with E-state index >= 15 is 0 Å². The van der Waals surface area contributed by atoms with Crippen molar-refractivity contribution in [1.29, 1.82) is 0 Å². The number of rotatable bonds is 5. The second-order valence-corrected chi connectivity index (χ2v) is 4.02. The van der Waals surface area contributed by atoms with Gasteiger partial charge < -0.3 is 10.2 Å². The number of nitrogen functional groups attached to an aromatic ring is 1. The second kappa shape index (κ2) is 6.14. The Hall–Kier alpha value is -1.91. The maximum Gasteiger partial charge on any atom is 0.145 e. The molecule has 0 saturated carbocycles. The van der Waals surface area contributed by atoms with E-state index in [0.29, 0.717) is 12.4 Å². The average Bonchev–Trinajstić information content (AvgIpc) is 2.46. The van der Waals surface area contributed by atoms with Crippen LogP contribution in [-0.4, -0.2) is 4.98 Å². The van der Waals surface area contributed by atoms with Gasteiger partial charge >= 0.3 is 0 Å². The fourth-order valence-corrected chi connectivity index (χ4v) is 1.72. The fourth-order valence-electron chi connectivity index (χ4n) is 1.72. The van der Waals surface area contributed by atoms with Crippen molar-refractivity contribution in [2.75, 3.05) is 5.43 Å². The van der Waals surface area contributed by atoms with Crippen molar-refractivity contribution in [1.82, 2.24) is 4.98 Å². The molecule has 1 atom stereocenters. The maximum atomic E-state index is 5.82. The summed E-state index contributed by atoms with van der Waals surface area (Å²) in [6.45, 7) is 2.50. The van der Waals surface area contributed by atoms with E-state index < -0.39 is 0 Å². The number of ether oxygens (including phenoxy) is 1. The lowest BCUT2D eigenvalue weighted by Gasteiger charge is -2.14. The molecule has 0 radical (unpaired) electrons. The maximum absolute atomic E-state index is 5.82. The number of nitrogens with zero attached hydrogens (tertiary/aromatic N) is 1. The minimum atomic E-state index is 0.0389. The Bertz CT molecular complexity index is 487. The van der Waals surface area contributed by atoms with Gasteiger partial charge in [-0.15, -0.1) is 0 Å². The normalized spacial score (nSPS) is 12.1. The zero-order chi connectivity index (χ0) is 12.8. The van der Waals surface area contributed by atoms with Gasteiger partial charge in [-0.2, -0.15) is 0 Å². The Morgan fingerprint density at radius 2 is 2.00 bits per heavy atom. The van der Waals surface area contributed by atoms with Crippen LogP contribution >= 0.6 is 0 Å². The number of pyridine rings is 1. The van der Waals surface area contributed by atoms with Crippen molar-refractivity contribution in [3.8, 4) is 0 Å². The fraction of sp³-hybridized carbons (Fsp3) is 0.214. The average molecular weight is 243 g/mol. The smallest absolute Gasteiger partial charge is 0.145 e. The number of hydrogen-bond acceptors (Lipinski definition) is 4. The molecular weight excluding hydrogens is 226 g/mol. The summed E-state index contributed by atoms with van der Waals surface area (Å²) < 4.78 is 5.82. The molecule has 18 heavy (non-hydrogen) atoms. The second-order valence-electron chi connectivity index (χ2n) is 4.02. The number of benzene rings is 1. The Morgan fingerprint density at radius 3 is 2.72 bits per heavy atom. The van der Waals surface area contributed by atoms with E-state index in [0.717, 1.165) is 11.1 Å². The van der Waals surface area contributed by atoms with Crippen LogP contribution < -0.4 is 11.3 Å². The quantitative estimate of drug-likeness (QED) is 0.626. The molecule has 0 fully saturated rings. The van der Waals surface area contributed by atoms with Crippen molar-refractivity contribution in [2.45, 2.75) is 19.6 Å². The molecular formula is C14H17N3O. The van der Waals surface area contributed by atoms with E-state index in [2.05, 4.69) is 22.5 Å². The van der Waals surface area contributed by atoms with Crippen LogP contribution in [0.5, 0.6) is 0 Å². The highest BCUT2D eigenvalue weighted by atomic mass is 16.5. The van der Waals surface area contributed by atoms with Crippen LogP contribution in [-0.2, 0) is 11.3 Å². The summed E-state index contributed by atoms with van der Waals surface area (Å²) in [7, 11) is 0. The molecule has 0 bridgehead atoms. The molecule has 0 amide bonds. The Kier molecular flexibility index (Phi) is 4.28. The third-order valence-corrected chi connectivity index (χ3v) is 2.79. The highest BCUT2D eigenvalue weighted by Gasteiger charge is 2.07. The SMILES string of the molecule is CC(OCc1cccnc1NN)c1ccccc1. The van der Waals surface area contributed by atoms with Gasteiger partial charge in [0.2, 0.25) is 0 Å². The predicted octanol–water partition coefficient (Wildman–Crippen LogP) is 2.65. The molecule has 0 aliphatic rings. The molecule has 4 heteroatoms. The molecule has 1 aromatic heterocycles. The van der Waals surface area contributed by atoms with Crippen molar-refractivity contribution < 1.29 is 4.74 Å². The van der Waals surface area contributed by atoms with Gasteiger partial charge in [0.15, 0.2) is 0 Å².